The lowest BCUT2D eigenvalue weighted by Gasteiger charge is -2.32. The maximum atomic E-state index is 13.2. The number of likely N-dealkylation sites (tertiary alicyclic amines) is 1. The fraction of sp³-hybridized carbons (Fsp3) is 0.692. The molecule has 1 aliphatic rings. The van der Waals surface area contributed by atoms with Gasteiger partial charge < -0.3 is 4.42 Å². The summed E-state index contributed by atoms with van der Waals surface area (Å²) < 4.78 is 31.3. The first kappa shape index (κ1) is 14.9. The zero-order valence-electron chi connectivity index (χ0n) is 11.3. The molecule has 0 bridgehead atoms. The number of rotatable bonds is 6. The molecule has 0 spiro atoms. The maximum absolute atomic E-state index is 13.2. The van der Waals surface area contributed by atoms with Crippen LogP contribution in [0.15, 0.2) is 16.9 Å². The second-order valence-corrected chi connectivity index (χ2v) is 5.08. The predicted octanol–water partition coefficient (Wildman–Crippen LogP) is 2.51. The molecule has 0 unspecified atom stereocenters. The van der Waals surface area contributed by atoms with Crippen molar-refractivity contribution in [3.05, 3.63) is 12.5 Å². The van der Waals surface area contributed by atoms with Crippen molar-refractivity contribution in [2.45, 2.75) is 38.0 Å². The number of halogens is 2. The summed E-state index contributed by atoms with van der Waals surface area (Å²) in [4.78, 5) is 17.1. The Morgan fingerprint density at radius 2 is 2.35 bits per heavy atom. The lowest BCUT2D eigenvalue weighted by molar-refractivity contribution is -0.116. The molecule has 0 atom stereocenters. The molecule has 0 radical (unpaired) electrons. The van der Waals surface area contributed by atoms with Gasteiger partial charge in [0.1, 0.15) is 6.26 Å². The Kier molecular flexibility index (Phi) is 5.05. The lowest BCUT2D eigenvalue weighted by Crippen LogP contribution is -2.42. The lowest BCUT2D eigenvalue weighted by atomic mass is 10.1. The quantitative estimate of drug-likeness (QED) is 0.817. The van der Waals surface area contributed by atoms with Gasteiger partial charge in [-0.1, -0.05) is 0 Å². The average molecular weight is 287 g/mol. The van der Waals surface area contributed by atoms with Crippen LogP contribution in [-0.2, 0) is 4.79 Å². The highest BCUT2D eigenvalue weighted by Gasteiger charge is 2.34. The van der Waals surface area contributed by atoms with Crippen LogP contribution < -0.4 is 5.32 Å². The van der Waals surface area contributed by atoms with E-state index < -0.39 is 5.92 Å². The SMILES string of the molecule is O=C(CCCCN1CCCC(F)(F)C1)Nc1ncco1. The van der Waals surface area contributed by atoms with Crippen LogP contribution in [0.4, 0.5) is 14.8 Å². The summed E-state index contributed by atoms with van der Waals surface area (Å²) >= 11 is 0. The van der Waals surface area contributed by atoms with Gasteiger partial charge in [-0.3, -0.25) is 15.0 Å². The van der Waals surface area contributed by atoms with Gasteiger partial charge in [-0.05, 0) is 32.4 Å². The van der Waals surface area contributed by atoms with E-state index in [4.69, 9.17) is 4.42 Å². The number of nitrogens with zero attached hydrogens (tertiary/aromatic N) is 2. The van der Waals surface area contributed by atoms with Crippen LogP contribution in [0.1, 0.15) is 32.1 Å². The number of carbonyl (C=O) groups is 1. The van der Waals surface area contributed by atoms with Gasteiger partial charge in [0.05, 0.1) is 12.7 Å². The van der Waals surface area contributed by atoms with Gasteiger partial charge in [0.15, 0.2) is 0 Å². The molecule has 1 aromatic heterocycles. The molecule has 112 valence electrons. The van der Waals surface area contributed by atoms with E-state index >= 15 is 0 Å². The average Bonchev–Trinajstić information content (AvgIpc) is 2.86. The minimum absolute atomic E-state index is 0.0119. The molecule has 0 aromatic carbocycles. The number of aromatic nitrogens is 1. The van der Waals surface area contributed by atoms with Crippen molar-refractivity contribution in [3.8, 4) is 0 Å². The minimum Gasteiger partial charge on any atom is -0.432 e. The Labute approximate surface area is 116 Å². The molecule has 1 saturated heterocycles. The van der Waals surface area contributed by atoms with Gasteiger partial charge in [-0.25, -0.2) is 13.8 Å². The van der Waals surface area contributed by atoms with Crippen LogP contribution in [0, 0.1) is 0 Å². The van der Waals surface area contributed by atoms with Crippen molar-refractivity contribution in [2.75, 3.05) is 25.0 Å². The van der Waals surface area contributed by atoms with E-state index in [0.717, 1.165) is 13.0 Å². The molecule has 1 aliphatic heterocycles. The normalized spacial score (nSPS) is 18.9. The van der Waals surface area contributed by atoms with E-state index in [1.165, 1.54) is 12.5 Å². The number of piperidine rings is 1. The van der Waals surface area contributed by atoms with Crippen LogP contribution in [-0.4, -0.2) is 41.3 Å². The highest BCUT2D eigenvalue weighted by atomic mass is 19.3. The van der Waals surface area contributed by atoms with Crippen LogP contribution in [0.25, 0.3) is 0 Å². The van der Waals surface area contributed by atoms with E-state index in [-0.39, 0.29) is 24.9 Å². The number of nitrogens with one attached hydrogen (secondary N) is 1. The summed E-state index contributed by atoms with van der Waals surface area (Å²) in [5, 5.41) is 2.52. The Bertz CT molecular complexity index is 423. The molecule has 1 fully saturated rings. The van der Waals surface area contributed by atoms with Crippen molar-refractivity contribution >= 4 is 11.9 Å². The van der Waals surface area contributed by atoms with E-state index in [1.54, 1.807) is 4.90 Å². The minimum atomic E-state index is -2.55. The van der Waals surface area contributed by atoms with Crippen LogP contribution in [0.5, 0.6) is 0 Å². The van der Waals surface area contributed by atoms with E-state index in [0.29, 0.717) is 25.8 Å². The number of alkyl halides is 2. The first-order chi connectivity index (χ1) is 9.55. The molecule has 1 amide bonds. The molecule has 2 rings (SSSR count). The number of amides is 1. The van der Waals surface area contributed by atoms with Crippen molar-refractivity contribution in [3.63, 3.8) is 0 Å². The van der Waals surface area contributed by atoms with Crippen LogP contribution in [0.3, 0.4) is 0 Å². The second kappa shape index (κ2) is 6.78. The summed E-state index contributed by atoms with van der Waals surface area (Å²) in [6.45, 7) is 1.18. The fourth-order valence-corrected chi connectivity index (χ4v) is 2.33. The van der Waals surface area contributed by atoms with Crippen molar-refractivity contribution in [1.82, 2.24) is 9.88 Å². The van der Waals surface area contributed by atoms with Gasteiger partial charge in [-0.15, -0.1) is 0 Å². The number of anilines is 1. The number of hydrogen-bond acceptors (Lipinski definition) is 4. The Balaban J connectivity index is 1.58. The number of oxazole rings is 1. The topological polar surface area (TPSA) is 58.4 Å². The number of hydrogen-bond donors (Lipinski definition) is 1. The zero-order valence-corrected chi connectivity index (χ0v) is 11.3. The zero-order chi connectivity index (χ0) is 14.4. The molecule has 7 heteroatoms. The first-order valence-electron chi connectivity index (χ1n) is 6.85. The first-order valence-corrected chi connectivity index (χ1v) is 6.85. The second-order valence-electron chi connectivity index (χ2n) is 5.08. The van der Waals surface area contributed by atoms with Gasteiger partial charge in [0.25, 0.3) is 5.92 Å². The summed E-state index contributed by atoms with van der Waals surface area (Å²) in [6.07, 6.45) is 5.09. The molecule has 5 nitrogen and oxygen atoms in total. The molecule has 0 aliphatic carbocycles. The van der Waals surface area contributed by atoms with Crippen molar-refractivity contribution in [2.24, 2.45) is 0 Å². The molecule has 20 heavy (non-hydrogen) atoms. The van der Waals surface area contributed by atoms with Gasteiger partial charge in [0, 0.05) is 12.8 Å². The number of carbonyl (C=O) groups excluding carboxylic acids is 1. The van der Waals surface area contributed by atoms with Gasteiger partial charge in [-0.2, -0.15) is 0 Å². The van der Waals surface area contributed by atoms with Crippen molar-refractivity contribution < 1.29 is 18.0 Å². The smallest absolute Gasteiger partial charge is 0.301 e. The summed E-state index contributed by atoms with van der Waals surface area (Å²) in [5.41, 5.74) is 0. The standard InChI is InChI=1S/C13H19F2N3O2/c14-13(15)5-3-8-18(10-13)7-2-1-4-11(19)17-12-16-6-9-20-12/h6,9H,1-5,7-8,10H2,(H,16,17,19). The Morgan fingerprint density at radius 1 is 1.50 bits per heavy atom. The number of unbranched alkanes of at least 4 members (excludes halogenated alkanes) is 1. The molecule has 0 saturated carbocycles. The highest BCUT2D eigenvalue weighted by molar-refractivity contribution is 5.88. The third-order valence-electron chi connectivity index (χ3n) is 3.28. The van der Waals surface area contributed by atoms with Gasteiger partial charge >= 0.3 is 6.01 Å². The van der Waals surface area contributed by atoms with Crippen LogP contribution in [0.2, 0.25) is 0 Å². The van der Waals surface area contributed by atoms with Crippen LogP contribution >= 0.6 is 0 Å². The Morgan fingerprint density at radius 3 is 3.05 bits per heavy atom. The predicted molar refractivity (Wildman–Crippen MR) is 69.6 cm³/mol. The third kappa shape index (κ3) is 4.88. The molecular weight excluding hydrogens is 268 g/mol. The van der Waals surface area contributed by atoms with Crippen molar-refractivity contribution in [1.29, 1.82) is 0 Å². The molecular formula is C13H19F2N3O2. The maximum Gasteiger partial charge on any atom is 0.301 e. The highest BCUT2D eigenvalue weighted by Crippen LogP contribution is 2.26. The third-order valence-corrected chi connectivity index (χ3v) is 3.28. The van der Waals surface area contributed by atoms with E-state index in [1.807, 2.05) is 0 Å². The molecule has 2 heterocycles. The Hall–Kier alpha value is -1.50. The van der Waals surface area contributed by atoms with Gasteiger partial charge in [0.2, 0.25) is 5.91 Å². The van der Waals surface area contributed by atoms with E-state index in [2.05, 4.69) is 10.3 Å². The van der Waals surface area contributed by atoms with E-state index in [9.17, 15) is 13.6 Å². The summed E-state index contributed by atoms with van der Waals surface area (Å²) in [5.74, 6) is -2.72. The monoisotopic (exact) mass is 287 g/mol. The summed E-state index contributed by atoms with van der Waals surface area (Å²) in [7, 11) is 0. The molecule has 1 aromatic rings. The summed E-state index contributed by atoms with van der Waals surface area (Å²) in [6, 6.07) is 0.186. The molecule has 1 N–H and O–H groups in total. The fourth-order valence-electron chi connectivity index (χ4n) is 2.33. The largest absolute Gasteiger partial charge is 0.432 e.